The second-order valence-corrected chi connectivity index (χ2v) is 8.56. The highest BCUT2D eigenvalue weighted by Crippen LogP contribution is 2.27. The topological polar surface area (TPSA) is 90.1 Å². The van der Waals surface area contributed by atoms with Gasteiger partial charge in [0, 0.05) is 18.0 Å². The van der Waals surface area contributed by atoms with Crippen molar-refractivity contribution >= 4 is 15.9 Å². The Balaban J connectivity index is 1.59. The van der Waals surface area contributed by atoms with E-state index < -0.39 is 0 Å². The Morgan fingerprint density at radius 2 is 1.90 bits per heavy atom. The van der Waals surface area contributed by atoms with E-state index in [2.05, 4.69) is 90.8 Å². The van der Waals surface area contributed by atoms with E-state index in [0.29, 0.717) is 18.3 Å². The number of H-pyrrole nitrogens is 1. The van der Waals surface area contributed by atoms with E-state index >= 15 is 0 Å². The summed E-state index contributed by atoms with van der Waals surface area (Å²) in [6, 6.07) is 12.4. The van der Waals surface area contributed by atoms with Gasteiger partial charge in [-0.1, -0.05) is 39.3 Å². The van der Waals surface area contributed by atoms with E-state index in [1.807, 2.05) is 12.1 Å². The first-order valence-corrected chi connectivity index (χ1v) is 11.5. The summed E-state index contributed by atoms with van der Waals surface area (Å²) in [4.78, 5) is 4.84. The number of rotatable bonds is 9. The molecule has 0 saturated heterocycles. The van der Waals surface area contributed by atoms with Crippen LogP contribution < -0.4 is 0 Å². The number of nitrogens with one attached hydrogen (secondary N) is 1. The molecular formula is C22H27BrN8. The minimum atomic E-state index is 0.385. The zero-order chi connectivity index (χ0) is 21.8. The maximum atomic E-state index is 4.84. The number of tetrazole rings is 1. The number of hydrogen-bond donors (Lipinski definition) is 1. The van der Waals surface area contributed by atoms with Gasteiger partial charge in [-0.2, -0.15) is 5.10 Å². The van der Waals surface area contributed by atoms with E-state index in [0.717, 1.165) is 53.3 Å². The third kappa shape index (κ3) is 4.61. The summed E-state index contributed by atoms with van der Waals surface area (Å²) in [7, 11) is 0. The quantitative estimate of drug-likeness (QED) is 0.365. The molecule has 0 fully saturated rings. The Kier molecular flexibility index (Phi) is 6.60. The number of nitrogens with zero attached hydrogens (tertiary/aromatic N) is 7. The van der Waals surface area contributed by atoms with Crippen molar-refractivity contribution < 1.29 is 0 Å². The highest BCUT2D eigenvalue weighted by molar-refractivity contribution is 9.10. The number of aromatic amines is 1. The van der Waals surface area contributed by atoms with Crippen LogP contribution in [0.1, 0.15) is 63.2 Å². The van der Waals surface area contributed by atoms with Crippen molar-refractivity contribution in [1.29, 1.82) is 0 Å². The van der Waals surface area contributed by atoms with Gasteiger partial charge in [-0.25, -0.2) is 14.8 Å². The van der Waals surface area contributed by atoms with Gasteiger partial charge in [0.25, 0.3) is 0 Å². The van der Waals surface area contributed by atoms with Gasteiger partial charge in [-0.3, -0.25) is 0 Å². The molecule has 3 heterocycles. The maximum Gasteiger partial charge on any atom is 0.196 e. The predicted molar refractivity (Wildman–Crippen MR) is 123 cm³/mol. The van der Waals surface area contributed by atoms with Crippen LogP contribution in [0, 0.1) is 0 Å². The van der Waals surface area contributed by atoms with Crippen LogP contribution in [0.15, 0.2) is 41.0 Å². The van der Waals surface area contributed by atoms with Crippen LogP contribution in [0.25, 0.3) is 17.2 Å². The Bertz CT molecular complexity index is 1110. The van der Waals surface area contributed by atoms with E-state index in [9.17, 15) is 0 Å². The van der Waals surface area contributed by atoms with Gasteiger partial charge in [-0.05, 0) is 69.0 Å². The highest BCUT2D eigenvalue weighted by Gasteiger charge is 2.16. The summed E-state index contributed by atoms with van der Waals surface area (Å²) in [5.74, 6) is 3.03. The second-order valence-electron chi connectivity index (χ2n) is 7.75. The summed E-state index contributed by atoms with van der Waals surface area (Å²) < 4.78 is 5.07. The van der Waals surface area contributed by atoms with Crippen LogP contribution >= 0.6 is 15.9 Å². The molecule has 9 heteroatoms. The van der Waals surface area contributed by atoms with E-state index in [-0.39, 0.29) is 0 Å². The van der Waals surface area contributed by atoms with E-state index in [1.54, 1.807) is 0 Å². The monoisotopic (exact) mass is 482 g/mol. The van der Waals surface area contributed by atoms with Gasteiger partial charge in [0.15, 0.2) is 11.6 Å². The molecule has 4 aromatic rings. The Morgan fingerprint density at radius 3 is 2.58 bits per heavy atom. The summed E-state index contributed by atoms with van der Waals surface area (Å²) in [6.07, 6.45) is 4.25. The molecule has 0 saturated carbocycles. The van der Waals surface area contributed by atoms with Crippen molar-refractivity contribution in [2.75, 3.05) is 0 Å². The van der Waals surface area contributed by atoms with Gasteiger partial charge in [0.05, 0.1) is 16.8 Å². The average Bonchev–Trinajstić information content (AvgIpc) is 3.52. The Hall–Kier alpha value is -2.81. The standard InChI is InChI=1S/C22H27BrN8/c1-4-6-7-20-24-22(15(3)5-2)30(27-20)14-16-8-10-17(11-9-16)31-18(12-13-19(31)23)21-25-28-29-26-21/h8-13,15H,4-7,14H2,1-3H3,(H,25,26,28,29). The van der Waals surface area contributed by atoms with Crippen molar-refractivity contribution in [3.8, 4) is 17.2 Å². The van der Waals surface area contributed by atoms with E-state index in [1.165, 1.54) is 5.56 Å². The maximum absolute atomic E-state index is 4.84. The van der Waals surface area contributed by atoms with Gasteiger partial charge in [-0.15, -0.1) is 5.10 Å². The third-order valence-corrected chi connectivity index (χ3v) is 6.12. The fourth-order valence-corrected chi connectivity index (χ4v) is 4.09. The fraction of sp³-hybridized carbons (Fsp3) is 0.409. The first-order valence-electron chi connectivity index (χ1n) is 10.7. The molecular weight excluding hydrogens is 456 g/mol. The van der Waals surface area contributed by atoms with Crippen LogP contribution in [-0.4, -0.2) is 40.0 Å². The van der Waals surface area contributed by atoms with Gasteiger partial charge >= 0.3 is 0 Å². The highest BCUT2D eigenvalue weighted by atomic mass is 79.9. The lowest BCUT2D eigenvalue weighted by atomic mass is 10.1. The average molecular weight is 483 g/mol. The summed E-state index contributed by atoms with van der Waals surface area (Å²) in [5, 5.41) is 19.1. The van der Waals surface area contributed by atoms with Crippen molar-refractivity contribution in [2.24, 2.45) is 0 Å². The molecule has 0 spiro atoms. The zero-order valence-corrected chi connectivity index (χ0v) is 19.7. The normalized spacial score (nSPS) is 12.4. The zero-order valence-electron chi connectivity index (χ0n) is 18.1. The van der Waals surface area contributed by atoms with Crippen LogP contribution in [-0.2, 0) is 13.0 Å². The number of unbranched alkanes of at least 4 members (excludes halogenated alkanes) is 1. The molecule has 1 atom stereocenters. The first kappa shape index (κ1) is 21.4. The van der Waals surface area contributed by atoms with Crippen molar-refractivity contribution in [1.82, 2.24) is 40.0 Å². The van der Waals surface area contributed by atoms with Crippen LogP contribution in [0.2, 0.25) is 0 Å². The van der Waals surface area contributed by atoms with E-state index in [4.69, 9.17) is 10.1 Å². The molecule has 0 aliphatic rings. The largest absolute Gasteiger partial charge is 0.301 e. The van der Waals surface area contributed by atoms with Crippen LogP contribution in [0.3, 0.4) is 0 Å². The smallest absolute Gasteiger partial charge is 0.196 e. The number of aromatic nitrogens is 8. The van der Waals surface area contributed by atoms with Gasteiger partial charge in [0.2, 0.25) is 0 Å². The van der Waals surface area contributed by atoms with Crippen molar-refractivity contribution in [3.05, 3.63) is 58.2 Å². The summed E-state index contributed by atoms with van der Waals surface area (Å²) in [6.45, 7) is 7.32. The molecule has 0 aliphatic carbocycles. The molecule has 1 N–H and O–H groups in total. The summed E-state index contributed by atoms with van der Waals surface area (Å²) in [5.41, 5.74) is 3.10. The van der Waals surface area contributed by atoms with Gasteiger partial charge in [0.1, 0.15) is 5.82 Å². The Labute approximate surface area is 190 Å². The minimum absolute atomic E-state index is 0.385. The van der Waals surface area contributed by atoms with Crippen molar-refractivity contribution in [2.45, 2.75) is 58.9 Å². The lowest BCUT2D eigenvalue weighted by Crippen LogP contribution is -2.09. The number of hydrogen-bond acceptors (Lipinski definition) is 5. The second kappa shape index (κ2) is 9.55. The molecule has 3 aromatic heterocycles. The molecule has 0 aliphatic heterocycles. The molecule has 1 unspecified atom stereocenters. The SMILES string of the molecule is CCCCc1nc(C(C)CC)n(Cc2ccc(-n3c(Br)ccc3-c3nnn[nH]3)cc2)n1. The predicted octanol–water partition coefficient (Wildman–Crippen LogP) is 4.92. The van der Waals surface area contributed by atoms with Crippen LogP contribution in [0.5, 0.6) is 0 Å². The fourth-order valence-electron chi connectivity index (χ4n) is 3.56. The molecule has 0 radical (unpaired) electrons. The van der Waals surface area contributed by atoms with Gasteiger partial charge < -0.3 is 4.57 Å². The minimum Gasteiger partial charge on any atom is -0.301 e. The lowest BCUT2D eigenvalue weighted by Gasteiger charge is -2.12. The lowest BCUT2D eigenvalue weighted by molar-refractivity contribution is 0.574. The molecule has 0 amide bonds. The Morgan fingerprint density at radius 1 is 1.10 bits per heavy atom. The molecule has 162 valence electrons. The molecule has 0 bridgehead atoms. The number of halogens is 1. The number of aryl methyl sites for hydroxylation is 1. The first-order chi connectivity index (χ1) is 15.1. The molecule has 1 aromatic carbocycles. The van der Waals surface area contributed by atoms with Crippen molar-refractivity contribution in [3.63, 3.8) is 0 Å². The molecule has 31 heavy (non-hydrogen) atoms. The molecule has 4 rings (SSSR count). The number of benzene rings is 1. The van der Waals surface area contributed by atoms with Crippen LogP contribution in [0.4, 0.5) is 0 Å². The third-order valence-electron chi connectivity index (χ3n) is 5.50. The summed E-state index contributed by atoms with van der Waals surface area (Å²) >= 11 is 3.63. The molecule has 8 nitrogen and oxygen atoms in total.